The smallest absolute Gasteiger partial charge is 0.255 e. The maximum atomic E-state index is 12.5. The van der Waals surface area contributed by atoms with Crippen LogP contribution in [0.25, 0.3) is 0 Å². The van der Waals surface area contributed by atoms with Crippen LogP contribution in [0.15, 0.2) is 0 Å². The lowest BCUT2D eigenvalue weighted by Gasteiger charge is -2.32. The Morgan fingerprint density at radius 1 is 1.30 bits per heavy atom. The van der Waals surface area contributed by atoms with Gasteiger partial charge >= 0.3 is 0 Å². The SMILES string of the molecule is CCCCC1CCC(C(=O)N(CCO)CC(F)F)CC1. The zero-order valence-electron chi connectivity index (χ0n) is 12.4. The number of amides is 1. The summed E-state index contributed by atoms with van der Waals surface area (Å²) in [6, 6.07) is 0. The predicted molar refractivity (Wildman–Crippen MR) is 74.6 cm³/mol. The van der Waals surface area contributed by atoms with E-state index in [4.69, 9.17) is 5.11 Å². The molecule has 1 amide bonds. The van der Waals surface area contributed by atoms with Crippen LogP contribution < -0.4 is 0 Å². The second-order valence-electron chi connectivity index (χ2n) is 5.76. The van der Waals surface area contributed by atoms with Gasteiger partial charge in [0, 0.05) is 12.5 Å². The molecule has 3 nitrogen and oxygen atoms in total. The van der Waals surface area contributed by atoms with E-state index in [0.29, 0.717) is 5.92 Å². The van der Waals surface area contributed by atoms with Crippen molar-refractivity contribution >= 4 is 5.91 Å². The molecule has 0 atom stereocenters. The largest absolute Gasteiger partial charge is 0.395 e. The molecule has 0 aromatic rings. The molecule has 0 aliphatic heterocycles. The second-order valence-corrected chi connectivity index (χ2v) is 5.76. The normalized spacial score (nSPS) is 23.1. The van der Waals surface area contributed by atoms with Crippen molar-refractivity contribution in [3.8, 4) is 0 Å². The maximum Gasteiger partial charge on any atom is 0.255 e. The molecule has 0 saturated heterocycles. The quantitative estimate of drug-likeness (QED) is 0.746. The summed E-state index contributed by atoms with van der Waals surface area (Å²) in [5.74, 6) is 0.367. The first-order valence-corrected chi connectivity index (χ1v) is 7.76. The van der Waals surface area contributed by atoms with Gasteiger partial charge in [-0.25, -0.2) is 8.78 Å². The highest BCUT2D eigenvalue weighted by Crippen LogP contribution is 2.32. The zero-order chi connectivity index (χ0) is 15.0. The van der Waals surface area contributed by atoms with Crippen molar-refractivity contribution in [2.24, 2.45) is 11.8 Å². The van der Waals surface area contributed by atoms with Gasteiger partial charge in [0.25, 0.3) is 6.43 Å². The Labute approximate surface area is 120 Å². The highest BCUT2D eigenvalue weighted by atomic mass is 19.3. The summed E-state index contributed by atoms with van der Waals surface area (Å²) >= 11 is 0. The number of hydrogen-bond acceptors (Lipinski definition) is 2. The van der Waals surface area contributed by atoms with Crippen molar-refractivity contribution in [1.82, 2.24) is 4.90 Å². The van der Waals surface area contributed by atoms with E-state index in [1.807, 2.05) is 0 Å². The van der Waals surface area contributed by atoms with Crippen molar-refractivity contribution in [1.29, 1.82) is 0 Å². The molecule has 0 bridgehead atoms. The van der Waals surface area contributed by atoms with E-state index in [9.17, 15) is 13.6 Å². The molecule has 0 spiro atoms. The highest BCUT2D eigenvalue weighted by Gasteiger charge is 2.30. The van der Waals surface area contributed by atoms with Gasteiger partial charge in [0.1, 0.15) is 0 Å². The summed E-state index contributed by atoms with van der Waals surface area (Å²) in [7, 11) is 0. The van der Waals surface area contributed by atoms with E-state index in [1.54, 1.807) is 0 Å². The van der Waals surface area contributed by atoms with E-state index in [2.05, 4.69) is 6.92 Å². The fourth-order valence-corrected chi connectivity index (χ4v) is 3.03. The van der Waals surface area contributed by atoms with Crippen LogP contribution in [-0.4, -0.2) is 42.0 Å². The fourth-order valence-electron chi connectivity index (χ4n) is 3.03. The Morgan fingerprint density at radius 2 is 1.95 bits per heavy atom. The molecule has 118 valence electrons. The van der Waals surface area contributed by atoms with Gasteiger partial charge in [0.15, 0.2) is 0 Å². The van der Waals surface area contributed by atoms with Crippen molar-refractivity contribution in [2.75, 3.05) is 19.7 Å². The minimum Gasteiger partial charge on any atom is -0.395 e. The Hall–Kier alpha value is -0.710. The molecule has 5 heteroatoms. The van der Waals surface area contributed by atoms with E-state index in [-0.39, 0.29) is 25.0 Å². The standard InChI is InChI=1S/C15H27F2NO2/c1-2-3-4-12-5-7-13(8-6-12)15(20)18(9-10-19)11-14(16)17/h12-14,19H,2-11H2,1H3. The monoisotopic (exact) mass is 291 g/mol. The summed E-state index contributed by atoms with van der Waals surface area (Å²) in [6.07, 6.45) is 4.76. The van der Waals surface area contributed by atoms with Crippen molar-refractivity contribution in [3.63, 3.8) is 0 Å². The number of aliphatic hydroxyl groups excluding tert-OH is 1. The van der Waals surface area contributed by atoms with Gasteiger partial charge in [-0.05, 0) is 31.6 Å². The van der Waals surface area contributed by atoms with Crippen molar-refractivity contribution in [3.05, 3.63) is 0 Å². The van der Waals surface area contributed by atoms with Gasteiger partial charge in [-0.1, -0.05) is 26.2 Å². The third-order valence-electron chi connectivity index (χ3n) is 4.20. The first kappa shape index (κ1) is 17.3. The Balaban J connectivity index is 2.43. The van der Waals surface area contributed by atoms with Gasteiger partial charge in [-0.3, -0.25) is 4.79 Å². The summed E-state index contributed by atoms with van der Waals surface area (Å²) in [6.45, 7) is 1.37. The van der Waals surface area contributed by atoms with E-state index in [0.717, 1.165) is 30.6 Å². The third-order valence-corrected chi connectivity index (χ3v) is 4.20. The van der Waals surface area contributed by atoms with E-state index in [1.165, 1.54) is 19.3 Å². The number of alkyl halides is 2. The summed E-state index contributed by atoms with van der Waals surface area (Å²) in [5.41, 5.74) is 0. The van der Waals surface area contributed by atoms with Crippen LogP contribution in [0.1, 0.15) is 51.9 Å². The number of unbranched alkanes of at least 4 members (excludes halogenated alkanes) is 1. The third kappa shape index (κ3) is 5.73. The molecule has 20 heavy (non-hydrogen) atoms. The van der Waals surface area contributed by atoms with Gasteiger partial charge in [-0.15, -0.1) is 0 Å². The summed E-state index contributed by atoms with van der Waals surface area (Å²) < 4.78 is 24.9. The zero-order valence-corrected chi connectivity index (χ0v) is 12.4. The first-order valence-electron chi connectivity index (χ1n) is 7.76. The molecular formula is C15H27F2NO2. The molecule has 0 aromatic carbocycles. The minimum absolute atomic E-state index is 0.0128. The summed E-state index contributed by atoms with van der Waals surface area (Å²) in [4.78, 5) is 13.4. The summed E-state index contributed by atoms with van der Waals surface area (Å²) in [5, 5.41) is 8.90. The molecule has 0 unspecified atom stereocenters. The number of aliphatic hydroxyl groups is 1. The fraction of sp³-hybridized carbons (Fsp3) is 0.933. The molecule has 0 radical (unpaired) electrons. The lowest BCUT2D eigenvalue weighted by Crippen LogP contribution is -2.42. The second kappa shape index (κ2) is 9.27. The number of rotatable bonds is 8. The minimum atomic E-state index is -2.54. The average Bonchev–Trinajstić information content (AvgIpc) is 2.44. The highest BCUT2D eigenvalue weighted by molar-refractivity contribution is 5.79. The predicted octanol–water partition coefficient (Wildman–Crippen LogP) is 3.07. The van der Waals surface area contributed by atoms with Crippen LogP contribution in [-0.2, 0) is 4.79 Å². The van der Waals surface area contributed by atoms with Gasteiger partial charge in [-0.2, -0.15) is 0 Å². The van der Waals surface area contributed by atoms with Crippen molar-refractivity contribution in [2.45, 2.75) is 58.3 Å². The topological polar surface area (TPSA) is 40.5 Å². The molecule has 1 N–H and O–H groups in total. The molecule has 1 rings (SSSR count). The van der Waals surface area contributed by atoms with Crippen LogP contribution in [0, 0.1) is 11.8 Å². The molecule has 1 aliphatic carbocycles. The van der Waals surface area contributed by atoms with Crippen LogP contribution in [0.4, 0.5) is 8.78 Å². The van der Waals surface area contributed by atoms with Gasteiger partial charge < -0.3 is 10.0 Å². The molecule has 1 aliphatic rings. The number of carbonyl (C=O) groups excluding carboxylic acids is 1. The van der Waals surface area contributed by atoms with Crippen LogP contribution >= 0.6 is 0 Å². The molecule has 0 heterocycles. The molecule has 1 saturated carbocycles. The Morgan fingerprint density at radius 3 is 2.45 bits per heavy atom. The first-order chi connectivity index (χ1) is 9.58. The van der Waals surface area contributed by atoms with Crippen LogP contribution in [0.2, 0.25) is 0 Å². The van der Waals surface area contributed by atoms with E-state index < -0.39 is 13.0 Å². The molecule has 0 aromatic heterocycles. The number of carbonyl (C=O) groups is 1. The number of halogens is 2. The maximum absolute atomic E-state index is 12.5. The number of hydrogen-bond donors (Lipinski definition) is 1. The Bertz CT molecular complexity index is 279. The molecular weight excluding hydrogens is 264 g/mol. The Kier molecular flexibility index (Phi) is 8.04. The van der Waals surface area contributed by atoms with Crippen LogP contribution in [0.5, 0.6) is 0 Å². The van der Waals surface area contributed by atoms with Crippen LogP contribution in [0.3, 0.4) is 0 Å². The lowest BCUT2D eigenvalue weighted by atomic mass is 9.79. The molecule has 1 fully saturated rings. The lowest BCUT2D eigenvalue weighted by molar-refractivity contribution is -0.139. The van der Waals surface area contributed by atoms with Gasteiger partial charge in [0.2, 0.25) is 5.91 Å². The van der Waals surface area contributed by atoms with E-state index >= 15 is 0 Å². The number of nitrogens with zero attached hydrogens (tertiary/aromatic N) is 1. The average molecular weight is 291 g/mol. The van der Waals surface area contributed by atoms with Crippen molar-refractivity contribution < 1.29 is 18.7 Å². The van der Waals surface area contributed by atoms with Gasteiger partial charge in [0.05, 0.1) is 13.2 Å².